The Morgan fingerprint density at radius 3 is 2.59 bits per heavy atom. The van der Waals surface area contributed by atoms with Crippen LogP contribution in [0.4, 0.5) is 0 Å². The fourth-order valence-corrected chi connectivity index (χ4v) is 1.94. The van der Waals surface area contributed by atoms with Crippen LogP contribution >= 0.6 is 0 Å². The summed E-state index contributed by atoms with van der Waals surface area (Å²) in [4.78, 5) is 37.1. The first-order chi connectivity index (χ1) is 8.09. The predicted molar refractivity (Wildman–Crippen MR) is 56.8 cm³/mol. The number of benzene rings is 1. The van der Waals surface area contributed by atoms with E-state index in [-0.39, 0.29) is 22.5 Å². The second kappa shape index (κ2) is 2.94. The molecule has 0 radical (unpaired) electrons. The van der Waals surface area contributed by atoms with Crippen LogP contribution in [0.2, 0.25) is 0 Å². The number of amides is 2. The lowest BCUT2D eigenvalue weighted by atomic mass is 10.0. The number of H-pyrrole nitrogens is 1. The van der Waals surface area contributed by atoms with Crippen LogP contribution in [0.5, 0.6) is 5.75 Å². The maximum absolute atomic E-state index is 11.7. The Balaban J connectivity index is 2.46. The van der Waals surface area contributed by atoms with Crippen molar-refractivity contribution in [3.8, 4) is 5.75 Å². The van der Waals surface area contributed by atoms with Gasteiger partial charge in [0, 0.05) is 5.39 Å². The van der Waals surface area contributed by atoms with Gasteiger partial charge in [0.1, 0.15) is 11.4 Å². The Labute approximate surface area is 94.2 Å². The molecular formula is C11H6N2O4. The van der Waals surface area contributed by atoms with E-state index in [0.29, 0.717) is 5.39 Å². The average molecular weight is 230 g/mol. The van der Waals surface area contributed by atoms with Gasteiger partial charge < -0.3 is 10.1 Å². The zero-order valence-electron chi connectivity index (χ0n) is 8.40. The number of aromatic amines is 1. The SMILES string of the molecule is O=C1NC(=O)c2[nH]c3c(O)cccc3c2C1=O. The van der Waals surface area contributed by atoms with Crippen molar-refractivity contribution in [1.29, 1.82) is 0 Å². The van der Waals surface area contributed by atoms with E-state index in [9.17, 15) is 19.5 Å². The van der Waals surface area contributed by atoms with E-state index in [0.717, 1.165) is 0 Å². The van der Waals surface area contributed by atoms with E-state index in [1.807, 2.05) is 5.32 Å². The van der Waals surface area contributed by atoms with E-state index in [2.05, 4.69) is 4.98 Å². The fourth-order valence-electron chi connectivity index (χ4n) is 1.94. The molecule has 2 heterocycles. The molecule has 6 heteroatoms. The van der Waals surface area contributed by atoms with Gasteiger partial charge in [-0.3, -0.25) is 19.7 Å². The molecule has 0 saturated heterocycles. The molecule has 1 aromatic heterocycles. The van der Waals surface area contributed by atoms with Crippen LogP contribution in [0.1, 0.15) is 20.8 Å². The standard InChI is InChI=1S/C11H6N2O4/c14-5-3-1-2-4-6-8(12-7(4)5)10(16)13-11(17)9(6)15/h1-3,12,14H,(H,13,16,17). The molecular weight excluding hydrogens is 224 g/mol. The molecule has 84 valence electrons. The van der Waals surface area contributed by atoms with Gasteiger partial charge in [0.2, 0.25) is 0 Å². The molecule has 17 heavy (non-hydrogen) atoms. The summed E-state index contributed by atoms with van der Waals surface area (Å²) in [6, 6.07) is 4.53. The lowest BCUT2D eigenvalue weighted by Gasteiger charge is -2.09. The summed E-state index contributed by atoms with van der Waals surface area (Å²) >= 11 is 0. The van der Waals surface area contributed by atoms with Crippen LogP contribution in [-0.2, 0) is 4.79 Å². The second-order valence-corrected chi connectivity index (χ2v) is 3.69. The predicted octanol–water partition coefficient (Wildman–Crippen LogP) is 0.326. The Kier molecular flexibility index (Phi) is 1.66. The number of phenols is 1. The molecule has 0 saturated carbocycles. The van der Waals surface area contributed by atoms with Crippen molar-refractivity contribution in [2.24, 2.45) is 0 Å². The Bertz CT molecular complexity index is 699. The van der Waals surface area contributed by atoms with Gasteiger partial charge in [-0.2, -0.15) is 0 Å². The third-order valence-corrected chi connectivity index (χ3v) is 2.70. The maximum Gasteiger partial charge on any atom is 0.299 e. The number of fused-ring (bicyclic) bond motifs is 3. The number of nitrogens with one attached hydrogen (secondary N) is 2. The largest absolute Gasteiger partial charge is 0.506 e. The summed E-state index contributed by atoms with van der Waals surface area (Å²) in [5, 5.41) is 11.9. The summed E-state index contributed by atoms with van der Waals surface area (Å²) in [6.07, 6.45) is 0. The van der Waals surface area contributed by atoms with Gasteiger partial charge in [-0.15, -0.1) is 0 Å². The van der Waals surface area contributed by atoms with Crippen molar-refractivity contribution >= 4 is 28.5 Å². The summed E-state index contributed by atoms with van der Waals surface area (Å²) in [6.45, 7) is 0. The van der Waals surface area contributed by atoms with Crippen LogP contribution in [0, 0.1) is 0 Å². The Hall–Kier alpha value is -2.63. The Morgan fingerprint density at radius 1 is 1.06 bits per heavy atom. The van der Waals surface area contributed by atoms with E-state index in [1.54, 1.807) is 6.07 Å². The molecule has 0 bridgehead atoms. The number of Topliss-reactive ketones (excluding diaryl/α,β-unsaturated/α-hetero) is 1. The first kappa shape index (κ1) is 9.59. The van der Waals surface area contributed by atoms with Crippen molar-refractivity contribution < 1.29 is 19.5 Å². The number of aromatic nitrogens is 1. The molecule has 0 aliphatic carbocycles. The number of aromatic hydroxyl groups is 1. The quantitative estimate of drug-likeness (QED) is 0.448. The van der Waals surface area contributed by atoms with Gasteiger partial charge in [0.05, 0.1) is 11.1 Å². The Morgan fingerprint density at radius 2 is 1.82 bits per heavy atom. The zero-order valence-corrected chi connectivity index (χ0v) is 8.40. The number of carbonyl (C=O) groups excluding carboxylic acids is 3. The van der Waals surface area contributed by atoms with Crippen LogP contribution < -0.4 is 5.32 Å². The third-order valence-electron chi connectivity index (χ3n) is 2.70. The highest BCUT2D eigenvalue weighted by molar-refractivity contribution is 6.51. The fraction of sp³-hybridized carbons (Fsp3) is 0. The number of hydrogen-bond donors (Lipinski definition) is 3. The second-order valence-electron chi connectivity index (χ2n) is 3.69. The van der Waals surface area contributed by atoms with Crippen LogP contribution in [-0.4, -0.2) is 27.7 Å². The topological polar surface area (TPSA) is 99.3 Å². The van der Waals surface area contributed by atoms with Gasteiger partial charge in [-0.25, -0.2) is 0 Å². The zero-order chi connectivity index (χ0) is 12.2. The third kappa shape index (κ3) is 1.12. The van der Waals surface area contributed by atoms with Gasteiger partial charge >= 0.3 is 0 Å². The number of phenolic OH excluding ortho intramolecular Hbond substituents is 1. The normalized spacial score (nSPS) is 14.9. The van der Waals surface area contributed by atoms with E-state index in [4.69, 9.17) is 0 Å². The molecule has 2 aromatic rings. The smallest absolute Gasteiger partial charge is 0.299 e. The highest BCUT2D eigenvalue weighted by Crippen LogP contribution is 2.30. The molecule has 6 nitrogen and oxygen atoms in total. The minimum absolute atomic E-state index is 0.00565. The van der Waals surface area contributed by atoms with Gasteiger partial charge in [0.15, 0.2) is 0 Å². The monoisotopic (exact) mass is 230 g/mol. The summed E-state index contributed by atoms with van der Waals surface area (Å²) in [5.41, 5.74) is 0.298. The van der Waals surface area contributed by atoms with E-state index in [1.165, 1.54) is 12.1 Å². The highest BCUT2D eigenvalue weighted by atomic mass is 16.3. The van der Waals surface area contributed by atoms with Gasteiger partial charge in [-0.1, -0.05) is 12.1 Å². The number of carbonyl (C=O) groups is 3. The molecule has 1 aromatic carbocycles. The molecule has 3 N–H and O–H groups in total. The molecule has 3 rings (SSSR count). The number of rotatable bonds is 0. The van der Waals surface area contributed by atoms with Crippen molar-refractivity contribution in [2.75, 3.05) is 0 Å². The number of ketones is 1. The van der Waals surface area contributed by atoms with Gasteiger partial charge in [-0.05, 0) is 6.07 Å². The van der Waals surface area contributed by atoms with Crippen molar-refractivity contribution in [2.45, 2.75) is 0 Å². The van der Waals surface area contributed by atoms with Crippen LogP contribution in [0.25, 0.3) is 10.9 Å². The summed E-state index contributed by atoms with van der Waals surface area (Å²) < 4.78 is 0. The number of para-hydroxylation sites is 1. The van der Waals surface area contributed by atoms with Gasteiger partial charge in [0.25, 0.3) is 17.6 Å². The van der Waals surface area contributed by atoms with Crippen molar-refractivity contribution in [1.82, 2.24) is 10.3 Å². The first-order valence-electron chi connectivity index (χ1n) is 4.83. The lowest BCUT2D eigenvalue weighted by Crippen LogP contribution is -2.41. The van der Waals surface area contributed by atoms with E-state index >= 15 is 0 Å². The first-order valence-corrected chi connectivity index (χ1v) is 4.83. The molecule has 0 atom stereocenters. The molecule has 1 aliphatic heterocycles. The lowest BCUT2D eigenvalue weighted by molar-refractivity contribution is -0.116. The van der Waals surface area contributed by atoms with E-state index < -0.39 is 17.6 Å². The summed E-state index contributed by atoms with van der Waals surface area (Å²) in [5.74, 6) is -2.48. The summed E-state index contributed by atoms with van der Waals surface area (Å²) in [7, 11) is 0. The maximum atomic E-state index is 11.7. The number of hydrogen-bond acceptors (Lipinski definition) is 4. The number of imide groups is 1. The molecule has 1 aliphatic rings. The minimum Gasteiger partial charge on any atom is -0.506 e. The van der Waals surface area contributed by atoms with Crippen LogP contribution in [0.15, 0.2) is 18.2 Å². The highest BCUT2D eigenvalue weighted by Gasteiger charge is 2.34. The van der Waals surface area contributed by atoms with Crippen molar-refractivity contribution in [3.05, 3.63) is 29.5 Å². The molecule has 0 unspecified atom stereocenters. The molecule has 0 fully saturated rings. The van der Waals surface area contributed by atoms with Crippen molar-refractivity contribution in [3.63, 3.8) is 0 Å². The average Bonchev–Trinajstić information content (AvgIpc) is 2.68. The van der Waals surface area contributed by atoms with Crippen LogP contribution in [0.3, 0.4) is 0 Å². The molecule has 0 spiro atoms. The minimum atomic E-state index is -0.952. The molecule has 2 amide bonds.